The second-order valence-electron chi connectivity index (χ2n) is 6.74. The average molecular weight is 402 g/mol. The van der Waals surface area contributed by atoms with Crippen LogP contribution < -0.4 is 5.32 Å². The van der Waals surface area contributed by atoms with Crippen molar-refractivity contribution in [2.45, 2.75) is 13.0 Å². The fourth-order valence-electron chi connectivity index (χ4n) is 3.34. The maximum absolute atomic E-state index is 13.9. The van der Waals surface area contributed by atoms with Crippen LogP contribution in [0.25, 0.3) is 11.5 Å². The molecule has 8 nitrogen and oxygen atoms in total. The number of hydrogen-bond donors (Lipinski definition) is 3. The molecule has 3 heterocycles. The Bertz CT molecular complexity index is 1010. The van der Waals surface area contributed by atoms with E-state index in [2.05, 4.69) is 30.4 Å². The van der Waals surface area contributed by atoms with E-state index in [1.54, 1.807) is 7.11 Å². The molecule has 29 heavy (non-hydrogen) atoms. The lowest BCUT2D eigenvalue weighted by Crippen LogP contribution is -2.33. The van der Waals surface area contributed by atoms with Crippen molar-refractivity contribution in [2.75, 3.05) is 32.1 Å². The van der Waals surface area contributed by atoms with Crippen LogP contribution >= 0.6 is 0 Å². The van der Waals surface area contributed by atoms with Gasteiger partial charge in [-0.15, -0.1) is 0 Å². The number of carbonyl (C=O) groups excluding carboxylic acids is 1. The van der Waals surface area contributed by atoms with Gasteiger partial charge < -0.3 is 15.0 Å². The van der Waals surface area contributed by atoms with Crippen molar-refractivity contribution in [3.05, 3.63) is 53.0 Å². The highest BCUT2D eigenvalue weighted by Gasteiger charge is 2.23. The van der Waals surface area contributed by atoms with Crippen molar-refractivity contribution in [3.63, 3.8) is 0 Å². The first-order chi connectivity index (χ1) is 14.1. The van der Waals surface area contributed by atoms with Gasteiger partial charge in [-0.05, 0) is 12.1 Å². The predicted molar refractivity (Wildman–Crippen MR) is 101 cm³/mol. The molecule has 2 aromatic heterocycles. The van der Waals surface area contributed by atoms with Crippen molar-refractivity contribution < 1.29 is 18.3 Å². The Morgan fingerprint density at radius 1 is 1.34 bits per heavy atom. The van der Waals surface area contributed by atoms with Gasteiger partial charge in [-0.1, -0.05) is 6.07 Å². The Balaban J connectivity index is 1.55. The number of methoxy groups -OCH3 is 1. The number of anilines is 1. The third-order valence-corrected chi connectivity index (χ3v) is 4.84. The van der Waals surface area contributed by atoms with Crippen LogP contribution in [0.3, 0.4) is 0 Å². The van der Waals surface area contributed by atoms with Crippen molar-refractivity contribution in [2.24, 2.45) is 0 Å². The van der Waals surface area contributed by atoms with E-state index in [9.17, 15) is 13.6 Å². The summed E-state index contributed by atoms with van der Waals surface area (Å²) in [7, 11) is 1.67. The molecule has 0 saturated carbocycles. The molecule has 152 valence electrons. The molecule has 3 N–H and O–H groups in total. The topological polar surface area (TPSA) is 98.9 Å². The number of halogens is 2. The number of aromatic amines is 2. The summed E-state index contributed by atoms with van der Waals surface area (Å²) in [5.74, 6) is -2.26. The number of amides is 1. The van der Waals surface area contributed by atoms with Crippen LogP contribution in [-0.4, -0.2) is 57.8 Å². The summed E-state index contributed by atoms with van der Waals surface area (Å²) in [5, 5.41) is 9.23. The van der Waals surface area contributed by atoms with E-state index in [0.29, 0.717) is 24.7 Å². The molecule has 0 atom stereocenters. The zero-order valence-electron chi connectivity index (χ0n) is 15.8. The van der Waals surface area contributed by atoms with Crippen molar-refractivity contribution in [3.8, 4) is 11.5 Å². The number of nitrogens with one attached hydrogen (secondary N) is 3. The standard InChI is InChI=1S/C19H20F2N6O2/c1-29-8-7-27-6-5-13-15(10-27)24-18(23-13)17-14(9-22-26-17)25-19(28)16-11(20)3-2-4-12(16)21/h2-4,9H,5-8,10H2,1H3,(H,22,26)(H,23,24)(H,25,28). The minimum Gasteiger partial charge on any atom is -0.383 e. The number of aromatic nitrogens is 4. The zero-order chi connectivity index (χ0) is 20.4. The van der Waals surface area contributed by atoms with Crippen molar-refractivity contribution >= 4 is 11.6 Å². The van der Waals surface area contributed by atoms with Gasteiger partial charge in [0.05, 0.1) is 29.9 Å². The molecule has 0 spiro atoms. The average Bonchev–Trinajstić information content (AvgIpc) is 3.32. The molecule has 0 aliphatic carbocycles. The second-order valence-corrected chi connectivity index (χ2v) is 6.74. The van der Waals surface area contributed by atoms with E-state index in [1.807, 2.05) is 0 Å². The number of fused-ring (bicyclic) bond motifs is 1. The number of H-pyrrole nitrogens is 2. The van der Waals surface area contributed by atoms with E-state index in [0.717, 1.165) is 43.0 Å². The molecule has 1 aliphatic rings. The van der Waals surface area contributed by atoms with Crippen LogP contribution in [0, 0.1) is 11.6 Å². The molecule has 0 fully saturated rings. The number of rotatable bonds is 6. The number of hydrogen-bond acceptors (Lipinski definition) is 5. The Kier molecular flexibility index (Phi) is 5.36. The van der Waals surface area contributed by atoms with Gasteiger partial charge in [-0.3, -0.25) is 14.8 Å². The summed E-state index contributed by atoms with van der Waals surface area (Å²) in [6.07, 6.45) is 2.16. The van der Waals surface area contributed by atoms with E-state index < -0.39 is 23.1 Å². The maximum Gasteiger partial charge on any atom is 0.261 e. The zero-order valence-corrected chi connectivity index (χ0v) is 15.8. The Hall–Kier alpha value is -3.11. The van der Waals surface area contributed by atoms with Gasteiger partial charge in [0.25, 0.3) is 5.91 Å². The summed E-state index contributed by atoms with van der Waals surface area (Å²) in [5.41, 5.74) is 2.00. The number of ether oxygens (including phenoxy) is 1. The first kappa shape index (κ1) is 19.2. The molecule has 0 saturated heterocycles. The summed E-state index contributed by atoms with van der Waals surface area (Å²) >= 11 is 0. The molecule has 4 rings (SSSR count). The summed E-state index contributed by atoms with van der Waals surface area (Å²) in [6, 6.07) is 3.27. The number of nitrogens with zero attached hydrogens (tertiary/aromatic N) is 3. The van der Waals surface area contributed by atoms with Crippen LogP contribution in [0.5, 0.6) is 0 Å². The highest BCUT2D eigenvalue weighted by atomic mass is 19.1. The largest absolute Gasteiger partial charge is 0.383 e. The molecule has 0 radical (unpaired) electrons. The molecule has 0 bridgehead atoms. The van der Waals surface area contributed by atoms with Crippen LogP contribution in [-0.2, 0) is 17.7 Å². The minimum atomic E-state index is -0.933. The molecule has 1 aliphatic heterocycles. The molecule has 1 amide bonds. The third-order valence-electron chi connectivity index (χ3n) is 4.84. The molecular weight excluding hydrogens is 382 g/mol. The fourth-order valence-corrected chi connectivity index (χ4v) is 3.34. The van der Waals surface area contributed by atoms with E-state index >= 15 is 0 Å². The number of imidazole rings is 1. The predicted octanol–water partition coefficient (Wildman–Crippen LogP) is 2.33. The lowest BCUT2D eigenvalue weighted by molar-refractivity contribution is 0.101. The minimum absolute atomic E-state index is 0.278. The van der Waals surface area contributed by atoms with Gasteiger partial charge in [-0.25, -0.2) is 13.8 Å². The molecular formula is C19H20F2N6O2. The molecule has 10 heteroatoms. The highest BCUT2D eigenvalue weighted by Crippen LogP contribution is 2.27. The van der Waals surface area contributed by atoms with E-state index in [4.69, 9.17) is 4.74 Å². The van der Waals surface area contributed by atoms with Gasteiger partial charge in [0.1, 0.15) is 22.9 Å². The lowest BCUT2D eigenvalue weighted by atomic mass is 10.1. The van der Waals surface area contributed by atoms with Crippen LogP contribution in [0.1, 0.15) is 21.7 Å². The Morgan fingerprint density at radius 2 is 2.14 bits per heavy atom. The van der Waals surface area contributed by atoms with E-state index in [1.165, 1.54) is 12.3 Å². The number of carbonyl (C=O) groups is 1. The first-order valence-corrected chi connectivity index (χ1v) is 9.15. The maximum atomic E-state index is 13.9. The quantitative estimate of drug-likeness (QED) is 0.588. The Morgan fingerprint density at radius 3 is 2.90 bits per heavy atom. The summed E-state index contributed by atoms with van der Waals surface area (Å²) in [4.78, 5) is 22.5. The normalized spacial score (nSPS) is 14.0. The second kappa shape index (κ2) is 8.10. The highest BCUT2D eigenvalue weighted by molar-refractivity contribution is 6.06. The van der Waals surface area contributed by atoms with E-state index in [-0.39, 0.29) is 5.69 Å². The van der Waals surface area contributed by atoms with Gasteiger partial charge in [0.2, 0.25) is 0 Å². The van der Waals surface area contributed by atoms with Crippen molar-refractivity contribution in [1.82, 2.24) is 25.1 Å². The lowest BCUT2D eigenvalue weighted by Gasteiger charge is -2.25. The summed E-state index contributed by atoms with van der Waals surface area (Å²) < 4.78 is 32.9. The van der Waals surface area contributed by atoms with Gasteiger partial charge >= 0.3 is 0 Å². The molecule has 0 unspecified atom stereocenters. The van der Waals surface area contributed by atoms with Gasteiger partial charge in [-0.2, -0.15) is 5.10 Å². The van der Waals surface area contributed by atoms with Crippen LogP contribution in [0.15, 0.2) is 24.4 Å². The first-order valence-electron chi connectivity index (χ1n) is 9.15. The van der Waals surface area contributed by atoms with Crippen molar-refractivity contribution in [1.29, 1.82) is 0 Å². The van der Waals surface area contributed by atoms with Gasteiger partial charge in [0, 0.05) is 33.2 Å². The SMILES string of the molecule is COCCN1CCc2nc(-c3[nH]ncc3NC(=O)c3c(F)cccc3F)[nH]c2C1. The summed E-state index contributed by atoms with van der Waals surface area (Å²) in [6.45, 7) is 3.06. The van der Waals surface area contributed by atoms with Gasteiger partial charge in [0.15, 0.2) is 5.82 Å². The Labute approximate surface area is 165 Å². The van der Waals surface area contributed by atoms with Crippen LogP contribution in [0.2, 0.25) is 0 Å². The molecule has 3 aromatic rings. The number of benzene rings is 1. The smallest absolute Gasteiger partial charge is 0.261 e. The monoisotopic (exact) mass is 402 g/mol. The fraction of sp³-hybridized carbons (Fsp3) is 0.316. The third kappa shape index (κ3) is 3.89. The molecule has 1 aromatic carbocycles. The van der Waals surface area contributed by atoms with Crippen LogP contribution in [0.4, 0.5) is 14.5 Å².